The Labute approximate surface area is 126 Å². The Bertz CT molecular complexity index is 497. The molecule has 0 saturated carbocycles. The molecule has 0 aromatic carbocycles. The topological polar surface area (TPSA) is 58.6 Å². The van der Waals surface area contributed by atoms with Crippen molar-refractivity contribution in [1.82, 2.24) is 9.62 Å². The third-order valence-electron chi connectivity index (χ3n) is 2.84. The Hall–Kier alpha value is -0.470. The highest BCUT2D eigenvalue weighted by Gasteiger charge is 2.22. The number of nitrogens with zero attached hydrogens (tertiary/aromatic N) is 1. The maximum Gasteiger partial charge on any atom is 0.252 e. The van der Waals surface area contributed by atoms with Crippen molar-refractivity contribution in [3.8, 4) is 0 Å². The summed E-state index contributed by atoms with van der Waals surface area (Å²) < 4.78 is 31.2. The van der Waals surface area contributed by atoms with Crippen molar-refractivity contribution < 1.29 is 13.2 Å². The lowest BCUT2D eigenvalue weighted by atomic mass is 10.3. The van der Waals surface area contributed by atoms with Gasteiger partial charge in [-0.25, -0.2) is 8.42 Å². The van der Waals surface area contributed by atoms with E-state index in [0.717, 1.165) is 17.8 Å². The molecule has 1 heterocycles. The van der Waals surface area contributed by atoms with Crippen LogP contribution in [0.5, 0.6) is 0 Å². The monoisotopic (exact) mass is 320 g/mol. The van der Waals surface area contributed by atoms with Crippen LogP contribution in [-0.4, -0.2) is 52.6 Å². The second-order valence-corrected chi connectivity index (χ2v) is 8.34. The minimum Gasteiger partial charge on any atom is -0.383 e. The average Bonchev–Trinajstić information content (AvgIpc) is 2.84. The fourth-order valence-corrected chi connectivity index (χ4v) is 4.33. The van der Waals surface area contributed by atoms with Crippen LogP contribution in [-0.2, 0) is 21.2 Å². The van der Waals surface area contributed by atoms with E-state index in [-0.39, 0.29) is 0 Å². The predicted molar refractivity (Wildman–Crippen MR) is 82.9 cm³/mol. The number of ether oxygens (including phenoxy) is 1. The Kier molecular flexibility index (Phi) is 7.11. The van der Waals surface area contributed by atoms with E-state index < -0.39 is 10.0 Å². The highest BCUT2D eigenvalue weighted by atomic mass is 32.2. The molecule has 0 atom stereocenters. The van der Waals surface area contributed by atoms with Crippen LogP contribution in [0.2, 0.25) is 0 Å². The fraction of sp³-hybridized carbons (Fsp3) is 0.692. The van der Waals surface area contributed by atoms with Gasteiger partial charge in [0.2, 0.25) is 0 Å². The van der Waals surface area contributed by atoms with Gasteiger partial charge in [0.25, 0.3) is 10.0 Å². The number of thiophene rings is 1. The van der Waals surface area contributed by atoms with Crippen molar-refractivity contribution in [2.45, 2.75) is 30.5 Å². The van der Waals surface area contributed by atoms with Crippen LogP contribution in [0.25, 0.3) is 0 Å². The summed E-state index contributed by atoms with van der Waals surface area (Å²) in [6.45, 7) is 5.80. The second kappa shape index (κ2) is 8.09. The largest absolute Gasteiger partial charge is 0.383 e. The molecule has 0 amide bonds. The summed E-state index contributed by atoms with van der Waals surface area (Å²) >= 11 is 1.34. The maximum atomic E-state index is 12.3. The summed E-state index contributed by atoms with van der Waals surface area (Å²) in [5, 5.41) is 3.32. The van der Waals surface area contributed by atoms with E-state index in [1.807, 2.05) is 6.07 Å². The van der Waals surface area contributed by atoms with Crippen LogP contribution < -0.4 is 5.32 Å². The van der Waals surface area contributed by atoms with Crippen LogP contribution in [0, 0.1) is 0 Å². The Morgan fingerprint density at radius 2 is 2.10 bits per heavy atom. The van der Waals surface area contributed by atoms with Crippen LogP contribution in [0.4, 0.5) is 0 Å². The van der Waals surface area contributed by atoms with E-state index in [9.17, 15) is 8.42 Å². The normalized spacial score (nSPS) is 12.5. The van der Waals surface area contributed by atoms with Gasteiger partial charge < -0.3 is 10.1 Å². The third kappa shape index (κ3) is 5.14. The maximum absolute atomic E-state index is 12.3. The number of rotatable bonds is 9. The first-order chi connectivity index (χ1) is 9.37. The smallest absolute Gasteiger partial charge is 0.252 e. The van der Waals surface area contributed by atoms with Gasteiger partial charge in [-0.05, 0) is 18.6 Å². The average molecular weight is 320 g/mol. The van der Waals surface area contributed by atoms with Crippen molar-refractivity contribution in [2.75, 3.05) is 33.9 Å². The number of hydrogen-bond acceptors (Lipinski definition) is 5. The SMILES string of the molecule is COCCN(C)S(=O)(=O)c1ccc(CCNC(C)C)s1. The zero-order valence-electron chi connectivity index (χ0n) is 12.5. The molecular weight excluding hydrogens is 296 g/mol. The van der Waals surface area contributed by atoms with E-state index in [0.29, 0.717) is 23.4 Å². The molecular formula is C13H24N2O3S2. The quantitative estimate of drug-likeness (QED) is 0.750. The van der Waals surface area contributed by atoms with Crippen molar-refractivity contribution >= 4 is 21.4 Å². The number of sulfonamides is 1. The van der Waals surface area contributed by atoms with Gasteiger partial charge in [-0.3, -0.25) is 0 Å². The molecule has 0 bridgehead atoms. The summed E-state index contributed by atoms with van der Waals surface area (Å²) in [5.41, 5.74) is 0. The fourth-order valence-electron chi connectivity index (χ4n) is 1.61. The minimum atomic E-state index is -3.38. The van der Waals surface area contributed by atoms with Gasteiger partial charge in [-0.2, -0.15) is 4.31 Å². The second-order valence-electron chi connectivity index (χ2n) is 4.90. The van der Waals surface area contributed by atoms with E-state index in [1.165, 1.54) is 15.6 Å². The first kappa shape index (κ1) is 17.6. The first-order valence-electron chi connectivity index (χ1n) is 6.65. The summed E-state index contributed by atoms with van der Waals surface area (Å²) in [6, 6.07) is 4.02. The summed E-state index contributed by atoms with van der Waals surface area (Å²) in [5.74, 6) is 0. The zero-order valence-corrected chi connectivity index (χ0v) is 14.2. The number of likely N-dealkylation sites (N-methyl/N-ethyl adjacent to an activating group) is 1. The molecule has 0 fully saturated rings. The van der Waals surface area contributed by atoms with Gasteiger partial charge in [0.05, 0.1) is 6.61 Å². The third-order valence-corrected chi connectivity index (χ3v) is 6.31. The molecule has 20 heavy (non-hydrogen) atoms. The van der Waals surface area contributed by atoms with Crippen LogP contribution >= 0.6 is 11.3 Å². The van der Waals surface area contributed by atoms with E-state index >= 15 is 0 Å². The molecule has 7 heteroatoms. The highest BCUT2D eigenvalue weighted by Crippen LogP contribution is 2.24. The Morgan fingerprint density at radius 3 is 2.70 bits per heavy atom. The van der Waals surface area contributed by atoms with E-state index in [1.54, 1.807) is 20.2 Å². The molecule has 1 rings (SSSR count). The standard InChI is InChI=1S/C13H24N2O3S2/c1-11(2)14-8-7-12-5-6-13(19-12)20(16,17)15(3)9-10-18-4/h5-6,11,14H,7-10H2,1-4H3. The number of methoxy groups -OCH3 is 1. The van der Waals surface area contributed by atoms with Crippen molar-refractivity contribution in [1.29, 1.82) is 0 Å². The number of hydrogen-bond donors (Lipinski definition) is 1. The van der Waals surface area contributed by atoms with Gasteiger partial charge in [-0.15, -0.1) is 11.3 Å². The van der Waals surface area contributed by atoms with Gasteiger partial charge in [-0.1, -0.05) is 13.8 Å². The molecule has 1 N–H and O–H groups in total. The summed E-state index contributed by atoms with van der Waals surface area (Å²) in [7, 11) is -0.242. The van der Waals surface area contributed by atoms with E-state index in [2.05, 4.69) is 19.2 Å². The van der Waals surface area contributed by atoms with Crippen molar-refractivity contribution in [2.24, 2.45) is 0 Å². The van der Waals surface area contributed by atoms with Gasteiger partial charge in [0.15, 0.2) is 0 Å². The molecule has 0 saturated heterocycles. The predicted octanol–water partition coefficient (Wildman–Crippen LogP) is 1.56. The van der Waals surface area contributed by atoms with Crippen molar-refractivity contribution in [3.63, 3.8) is 0 Å². The molecule has 5 nitrogen and oxygen atoms in total. The molecule has 1 aromatic heterocycles. The molecule has 116 valence electrons. The van der Waals surface area contributed by atoms with Crippen LogP contribution in [0.15, 0.2) is 16.3 Å². The van der Waals surface area contributed by atoms with Crippen molar-refractivity contribution in [3.05, 3.63) is 17.0 Å². The lowest BCUT2D eigenvalue weighted by Crippen LogP contribution is -2.29. The molecule has 0 aliphatic carbocycles. The molecule has 0 aliphatic heterocycles. The lowest BCUT2D eigenvalue weighted by Gasteiger charge is -2.15. The summed E-state index contributed by atoms with van der Waals surface area (Å²) in [6.07, 6.45) is 0.847. The van der Waals surface area contributed by atoms with Crippen LogP contribution in [0.1, 0.15) is 18.7 Å². The molecule has 0 unspecified atom stereocenters. The molecule has 0 radical (unpaired) electrons. The van der Waals surface area contributed by atoms with E-state index in [4.69, 9.17) is 4.74 Å². The highest BCUT2D eigenvalue weighted by molar-refractivity contribution is 7.91. The number of nitrogens with one attached hydrogen (secondary N) is 1. The van der Waals surface area contributed by atoms with Crippen LogP contribution in [0.3, 0.4) is 0 Å². The van der Waals surface area contributed by atoms with Gasteiger partial charge >= 0.3 is 0 Å². The molecule has 1 aromatic rings. The molecule has 0 aliphatic rings. The minimum absolute atomic E-state index is 0.362. The summed E-state index contributed by atoms with van der Waals surface area (Å²) in [4.78, 5) is 1.08. The van der Waals surface area contributed by atoms with Gasteiger partial charge in [0, 0.05) is 38.2 Å². The molecule has 0 spiro atoms. The lowest BCUT2D eigenvalue weighted by molar-refractivity contribution is 0.185. The van der Waals surface area contributed by atoms with Gasteiger partial charge in [0.1, 0.15) is 4.21 Å². The Morgan fingerprint density at radius 1 is 1.40 bits per heavy atom. The first-order valence-corrected chi connectivity index (χ1v) is 8.91. The zero-order chi connectivity index (χ0) is 15.2. The Balaban J connectivity index is 2.65.